The molecule has 1 aromatic carbocycles. The van der Waals surface area contributed by atoms with E-state index in [4.69, 9.17) is 17.3 Å². The van der Waals surface area contributed by atoms with Gasteiger partial charge >= 0.3 is 5.97 Å². The molecule has 1 saturated heterocycles. The van der Waals surface area contributed by atoms with Gasteiger partial charge in [-0.25, -0.2) is 0 Å². The Balaban J connectivity index is 2.10. The van der Waals surface area contributed by atoms with Gasteiger partial charge in [0.15, 0.2) is 0 Å². The lowest BCUT2D eigenvalue weighted by Crippen LogP contribution is -2.33. The summed E-state index contributed by atoms with van der Waals surface area (Å²) in [4.78, 5) is 24.2. The number of carboxylic acids is 1. The molecule has 0 aliphatic carbocycles. The molecule has 1 heterocycles. The minimum atomic E-state index is -1.08. The van der Waals surface area contributed by atoms with Crippen LogP contribution in [0.2, 0.25) is 0 Å². The van der Waals surface area contributed by atoms with Crippen LogP contribution in [0.5, 0.6) is 0 Å². The van der Waals surface area contributed by atoms with E-state index in [1.807, 2.05) is 37.3 Å². The predicted octanol–water partition coefficient (Wildman–Crippen LogP) is 2.84. The maximum absolute atomic E-state index is 12.0. The minimum Gasteiger partial charge on any atom is -0.480 e. The summed E-state index contributed by atoms with van der Waals surface area (Å²) in [6.45, 7) is 1.61. The molecule has 4 nitrogen and oxygen atoms in total. The van der Waals surface area contributed by atoms with Gasteiger partial charge in [0, 0.05) is 0 Å². The number of thioether (sulfide) groups is 1. The maximum atomic E-state index is 12.0. The van der Waals surface area contributed by atoms with Crippen LogP contribution in [0.15, 0.2) is 41.3 Å². The van der Waals surface area contributed by atoms with Crippen LogP contribution in [0, 0.1) is 6.92 Å². The standard InChI is InChI=1S/C15H13NO3S2/c1-10-4-2-5-11(8-10)6-3-7-12-14(19)16(9-13(17)18)15(20)21-12/h2-8H,9H2,1H3,(H,17,18). The summed E-state index contributed by atoms with van der Waals surface area (Å²) in [6, 6.07) is 7.96. The molecule has 0 unspecified atom stereocenters. The van der Waals surface area contributed by atoms with Gasteiger partial charge in [-0.15, -0.1) is 0 Å². The van der Waals surface area contributed by atoms with Crippen LogP contribution in [0.3, 0.4) is 0 Å². The molecule has 2 rings (SSSR count). The first-order chi connectivity index (χ1) is 9.97. The number of carbonyl (C=O) groups excluding carboxylic acids is 1. The first-order valence-corrected chi connectivity index (χ1v) is 7.40. The molecular formula is C15H13NO3S2. The lowest BCUT2D eigenvalue weighted by Gasteiger charge is -2.09. The van der Waals surface area contributed by atoms with E-state index in [0.29, 0.717) is 4.91 Å². The van der Waals surface area contributed by atoms with Crippen molar-refractivity contribution < 1.29 is 14.7 Å². The summed E-state index contributed by atoms with van der Waals surface area (Å²) < 4.78 is 0.276. The summed E-state index contributed by atoms with van der Waals surface area (Å²) >= 11 is 6.13. The highest BCUT2D eigenvalue weighted by Crippen LogP contribution is 2.30. The topological polar surface area (TPSA) is 57.6 Å². The van der Waals surface area contributed by atoms with Crippen molar-refractivity contribution in [3.63, 3.8) is 0 Å². The van der Waals surface area contributed by atoms with Crippen molar-refractivity contribution >= 4 is 46.3 Å². The average molecular weight is 319 g/mol. The predicted molar refractivity (Wildman–Crippen MR) is 87.8 cm³/mol. The van der Waals surface area contributed by atoms with E-state index in [1.165, 1.54) is 0 Å². The van der Waals surface area contributed by atoms with E-state index in [0.717, 1.165) is 27.8 Å². The van der Waals surface area contributed by atoms with Crippen molar-refractivity contribution in [3.05, 3.63) is 52.4 Å². The van der Waals surface area contributed by atoms with E-state index < -0.39 is 12.5 Å². The van der Waals surface area contributed by atoms with Crippen LogP contribution in [-0.4, -0.2) is 32.7 Å². The Morgan fingerprint density at radius 2 is 2.24 bits per heavy atom. The first kappa shape index (κ1) is 15.5. The number of allylic oxidation sites excluding steroid dienone is 2. The summed E-state index contributed by atoms with van der Waals surface area (Å²) in [6.07, 6.45) is 5.31. The number of hydrogen-bond donors (Lipinski definition) is 1. The molecule has 1 N–H and O–H groups in total. The molecule has 6 heteroatoms. The van der Waals surface area contributed by atoms with E-state index >= 15 is 0 Å². The molecule has 0 aromatic heterocycles. The molecule has 1 amide bonds. The normalized spacial score (nSPS) is 17.2. The molecular weight excluding hydrogens is 306 g/mol. The second kappa shape index (κ2) is 6.69. The number of hydrogen-bond acceptors (Lipinski definition) is 4. The Morgan fingerprint density at radius 1 is 1.48 bits per heavy atom. The van der Waals surface area contributed by atoms with Gasteiger partial charge in [-0.3, -0.25) is 14.5 Å². The lowest BCUT2D eigenvalue weighted by atomic mass is 10.1. The lowest BCUT2D eigenvalue weighted by molar-refractivity contribution is -0.140. The van der Waals surface area contributed by atoms with Crippen LogP contribution in [0.1, 0.15) is 11.1 Å². The fraction of sp³-hybridized carbons (Fsp3) is 0.133. The van der Waals surface area contributed by atoms with Gasteiger partial charge in [0.2, 0.25) is 0 Å². The minimum absolute atomic E-state index is 0.276. The van der Waals surface area contributed by atoms with Crippen LogP contribution in [0.25, 0.3) is 6.08 Å². The summed E-state index contributed by atoms with van der Waals surface area (Å²) in [5, 5.41) is 8.75. The van der Waals surface area contributed by atoms with E-state index in [2.05, 4.69) is 0 Å². The Kier molecular flexibility index (Phi) is 4.93. The Hall–Kier alpha value is -1.92. The quantitative estimate of drug-likeness (QED) is 0.683. The Morgan fingerprint density at radius 3 is 2.90 bits per heavy atom. The summed E-state index contributed by atoms with van der Waals surface area (Å²) in [7, 11) is 0. The number of carboxylic acid groups (broad SMARTS) is 1. The van der Waals surface area contributed by atoms with Gasteiger partial charge in [-0.2, -0.15) is 0 Å². The fourth-order valence-electron chi connectivity index (χ4n) is 1.81. The van der Waals surface area contributed by atoms with E-state index in [-0.39, 0.29) is 10.2 Å². The zero-order valence-corrected chi connectivity index (χ0v) is 12.9. The average Bonchev–Trinajstić information content (AvgIpc) is 2.66. The van der Waals surface area contributed by atoms with Crippen molar-refractivity contribution in [2.75, 3.05) is 6.54 Å². The monoisotopic (exact) mass is 319 g/mol. The van der Waals surface area contributed by atoms with Crippen LogP contribution >= 0.6 is 24.0 Å². The number of thiocarbonyl (C=S) groups is 1. The number of amides is 1. The van der Waals surface area contributed by atoms with Crippen molar-refractivity contribution in [3.8, 4) is 0 Å². The third-order valence-corrected chi connectivity index (χ3v) is 4.14. The molecule has 0 spiro atoms. The van der Waals surface area contributed by atoms with Crippen LogP contribution in [-0.2, 0) is 9.59 Å². The highest BCUT2D eigenvalue weighted by molar-refractivity contribution is 8.26. The molecule has 0 bridgehead atoms. The second-order valence-corrected chi connectivity index (χ2v) is 6.13. The smallest absolute Gasteiger partial charge is 0.323 e. The first-order valence-electron chi connectivity index (χ1n) is 6.18. The fourth-order valence-corrected chi connectivity index (χ4v) is 3.01. The molecule has 1 fully saturated rings. The summed E-state index contributed by atoms with van der Waals surface area (Å²) in [5.41, 5.74) is 2.19. The summed E-state index contributed by atoms with van der Waals surface area (Å²) in [5.74, 6) is -1.44. The number of carbonyl (C=O) groups is 2. The largest absolute Gasteiger partial charge is 0.480 e. The van der Waals surface area contributed by atoms with Crippen LogP contribution < -0.4 is 0 Å². The Labute approximate surface area is 132 Å². The van der Waals surface area contributed by atoms with E-state index in [1.54, 1.807) is 12.2 Å². The third kappa shape index (κ3) is 4.03. The van der Waals surface area contributed by atoms with Gasteiger partial charge in [-0.1, -0.05) is 66.0 Å². The molecule has 1 aliphatic heterocycles. The zero-order valence-electron chi connectivity index (χ0n) is 11.3. The van der Waals surface area contributed by atoms with E-state index in [9.17, 15) is 9.59 Å². The van der Waals surface area contributed by atoms with Crippen molar-refractivity contribution in [1.82, 2.24) is 4.90 Å². The second-order valence-electron chi connectivity index (χ2n) is 4.46. The number of rotatable bonds is 4. The third-order valence-electron chi connectivity index (χ3n) is 2.75. The molecule has 0 atom stereocenters. The molecule has 108 valence electrons. The van der Waals surface area contributed by atoms with Gasteiger partial charge in [0.25, 0.3) is 5.91 Å². The molecule has 0 saturated carbocycles. The van der Waals surface area contributed by atoms with Gasteiger partial charge in [0.1, 0.15) is 10.9 Å². The molecule has 21 heavy (non-hydrogen) atoms. The Bertz CT molecular complexity index is 665. The molecule has 1 aliphatic rings. The van der Waals surface area contributed by atoms with Crippen LogP contribution in [0.4, 0.5) is 0 Å². The van der Waals surface area contributed by atoms with Crippen molar-refractivity contribution in [2.45, 2.75) is 6.92 Å². The highest BCUT2D eigenvalue weighted by atomic mass is 32.2. The maximum Gasteiger partial charge on any atom is 0.323 e. The zero-order chi connectivity index (χ0) is 15.4. The SMILES string of the molecule is Cc1cccc(C=CC=C2SC(=S)N(CC(=O)O)C2=O)c1. The van der Waals surface area contributed by atoms with Gasteiger partial charge < -0.3 is 5.11 Å². The number of aliphatic carboxylic acids is 1. The highest BCUT2D eigenvalue weighted by Gasteiger charge is 2.32. The molecule has 0 radical (unpaired) electrons. The molecule has 1 aromatic rings. The number of benzene rings is 1. The number of aryl methyl sites for hydroxylation is 1. The van der Waals surface area contributed by atoms with Crippen molar-refractivity contribution in [2.24, 2.45) is 0 Å². The van der Waals surface area contributed by atoms with Gasteiger partial charge in [-0.05, 0) is 18.6 Å². The van der Waals surface area contributed by atoms with Crippen molar-refractivity contribution in [1.29, 1.82) is 0 Å². The van der Waals surface area contributed by atoms with Gasteiger partial charge in [0.05, 0.1) is 4.91 Å². The number of nitrogens with zero attached hydrogens (tertiary/aromatic N) is 1.